The molecule has 1 aliphatic rings. The van der Waals surface area contributed by atoms with Gasteiger partial charge in [-0.25, -0.2) is 4.98 Å². The van der Waals surface area contributed by atoms with Crippen molar-refractivity contribution >= 4 is 17.2 Å². The molecule has 35 heavy (non-hydrogen) atoms. The second-order valence-electron chi connectivity index (χ2n) is 8.93. The summed E-state index contributed by atoms with van der Waals surface area (Å²) in [6.07, 6.45) is 2.02. The topological polar surface area (TPSA) is 88.5 Å². The highest BCUT2D eigenvalue weighted by Crippen LogP contribution is 2.26. The van der Waals surface area contributed by atoms with Crippen LogP contribution in [0.2, 0.25) is 0 Å². The maximum Gasteiger partial charge on any atom is 0.228 e. The summed E-state index contributed by atoms with van der Waals surface area (Å²) < 4.78 is 11.1. The van der Waals surface area contributed by atoms with E-state index in [2.05, 4.69) is 26.9 Å². The fourth-order valence-corrected chi connectivity index (χ4v) is 4.95. The highest BCUT2D eigenvalue weighted by Gasteiger charge is 2.22. The Morgan fingerprint density at radius 3 is 2.57 bits per heavy atom. The molecule has 8 nitrogen and oxygen atoms in total. The van der Waals surface area contributed by atoms with Crippen molar-refractivity contribution in [3.8, 4) is 22.2 Å². The molecule has 3 aromatic heterocycles. The lowest BCUT2D eigenvalue weighted by molar-refractivity contribution is -0.132. The van der Waals surface area contributed by atoms with Gasteiger partial charge in [-0.05, 0) is 38.9 Å². The summed E-state index contributed by atoms with van der Waals surface area (Å²) in [4.78, 5) is 26.2. The molecular formula is C26H29N5O3S. The van der Waals surface area contributed by atoms with Crippen LogP contribution in [-0.2, 0) is 17.6 Å². The average Bonchev–Trinajstić information content (AvgIpc) is 3.62. The molecule has 1 fully saturated rings. The Kier molecular flexibility index (Phi) is 7.06. The molecule has 0 bridgehead atoms. The SMILES string of the molecule is Cc1ccc(-c2noc(CCCN3CCN(C(=O)Cc4csc(-c5ccc(C)o5)n4)CC3)n2)cc1. The number of amides is 1. The first-order valence-corrected chi connectivity index (χ1v) is 12.8. The van der Waals surface area contributed by atoms with Crippen molar-refractivity contribution in [1.82, 2.24) is 24.9 Å². The molecule has 5 rings (SSSR count). The molecule has 9 heteroatoms. The van der Waals surface area contributed by atoms with E-state index in [0.29, 0.717) is 18.1 Å². The molecule has 0 spiro atoms. The van der Waals surface area contributed by atoms with Gasteiger partial charge in [-0.2, -0.15) is 4.98 Å². The highest BCUT2D eigenvalue weighted by atomic mass is 32.1. The zero-order valence-corrected chi connectivity index (χ0v) is 20.9. The first kappa shape index (κ1) is 23.4. The lowest BCUT2D eigenvalue weighted by Gasteiger charge is -2.34. The fraction of sp³-hybridized carbons (Fsp3) is 0.385. The van der Waals surface area contributed by atoms with Gasteiger partial charge >= 0.3 is 0 Å². The van der Waals surface area contributed by atoms with Crippen LogP contribution in [-0.4, -0.2) is 63.6 Å². The minimum atomic E-state index is 0.131. The molecule has 1 amide bonds. The third-order valence-corrected chi connectivity index (χ3v) is 7.11. The van der Waals surface area contributed by atoms with Crippen LogP contribution in [0, 0.1) is 13.8 Å². The number of furan rings is 1. The quantitative estimate of drug-likeness (QED) is 0.361. The van der Waals surface area contributed by atoms with Gasteiger partial charge in [0.2, 0.25) is 17.6 Å². The lowest BCUT2D eigenvalue weighted by Crippen LogP contribution is -2.49. The molecule has 4 heterocycles. The fourth-order valence-electron chi connectivity index (χ4n) is 4.17. The van der Waals surface area contributed by atoms with Gasteiger partial charge in [0.15, 0.2) is 10.8 Å². The molecular weight excluding hydrogens is 462 g/mol. The zero-order valence-electron chi connectivity index (χ0n) is 20.1. The van der Waals surface area contributed by atoms with Crippen LogP contribution in [0.5, 0.6) is 0 Å². The van der Waals surface area contributed by atoms with E-state index in [4.69, 9.17) is 8.94 Å². The predicted octanol–water partition coefficient (Wildman–Crippen LogP) is 4.39. The zero-order chi connectivity index (χ0) is 24.2. The van der Waals surface area contributed by atoms with Gasteiger partial charge in [-0.1, -0.05) is 35.0 Å². The van der Waals surface area contributed by atoms with E-state index in [1.165, 1.54) is 16.9 Å². The van der Waals surface area contributed by atoms with Crippen molar-refractivity contribution in [2.45, 2.75) is 33.1 Å². The number of nitrogens with zero attached hydrogens (tertiary/aromatic N) is 5. The Labute approximate surface area is 208 Å². The number of aryl methyl sites for hydroxylation is 3. The molecule has 182 valence electrons. The highest BCUT2D eigenvalue weighted by molar-refractivity contribution is 7.13. The Morgan fingerprint density at radius 2 is 1.83 bits per heavy atom. The van der Waals surface area contributed by atoms with E-state index in [-0.39, 0.29) is 5.91 Å². The Bertz CT molecular complexity index is 1270. The minimum absolute atomic E-state index is 0.131. The second-order valence-corrected chi connectivity index (χ2v) is 9.79. The lowest BCUT2D eigenvalue weighted by atomic mass is 10.1. The third kappa shape index (κ3) is 5.86. The van der Waals surface area contributed by atoms with E-state index in [0.717, 1.165) is 73.4 Å². The van der Waals surface area contributed by atoms with Crippen molar-refractivity contribution in [3.63, 3.8) is 0 Å². The molecule has 0 unspecified atom stereocenters. The maximum absolute atomic E-state index is 12.8. The average molecular weight is 492 g/mol. The van der Waals surface area contributed by atoms with E-state index in [1.54, 1.807) is 0 Å². The predicted molar refractivity (Wildman–Crippen MR) is 134 cm³/mol. The Hall–Kier alpha value is -3.30. The number of rotatable bonds is 8. The van der Waals surface area contributed by atoms with Gasteiger partial charge in [-0.15, -0.1) is 11.3 Å². The molecule has 0 N–H and O–H groups in total. The van der Waals surface area contributed by atoms with Crippen molar-refractivity contribution < 1.29 is 13.7 Å². The summed E-state index contributed by atoms with van der Waals surface area (Å²) >= 11 is 1.51. The summed E-state index contributed by atoms with van der Waals surface area (Å²) in [5.41, 5.74) is 2.98. The van der Waals surface area contributed by atoms with E-state index in [9.17, 15) is 4.79 Å². The number of carbonyl (C=O) groups is 1. The normalized spacial score (nSPS) is 14.5. The van der Waals surface area contributed by atoms with Gasteiger partial charge < -0.3 is 13.8 Å². The second kappa shape index (κ2) is 10.5. The van der Waals surface area contributed by atoms with Crippen LogP contribution in [0.1, 0.15) is 29.3 Å². The van der Waals surface area contributed by atoms with E-state index < -0.39 is 0 Å². The largest absolute Gasteiger partial charge is 0.459 e. The van der Waals surface area contributed by atoms with Gasteiger partial charge in [0, 0.05) is 43.5 Å². The van der Waals surface area contributed by atoms with Crippen LogP contribution in [0.3, 0.4) is 0 Å². The van der Waals surface area contributed by atoms with Crippen molar-refractivity contribution in [1.29, 1.82) is 0 Å². The van der Waals surface area contributed by atoms with E-state index in [1.807, 2.05) is 53.6 Å². The van der Waals surface area contributed by atoms with Crippen LogP contribution in [0.25, 0.3) is 22.2 Å². The van der Waals surface area contributed by atoms with Crippen LogP contribution < -0.4 is 0 Å². The summed E-state index contributed by atoms with van der Waals surface area (Å²) in [5, 5.41) is 6.88. The number of aromatic nitrogens is 3. The van der Waals surface area contributed by atoms with Crippen LogP contribution in [0.4, 0.5) is 0 Å². The first-order valence-electron chi connectivity index (χ1n) is 11.9. The number of piperazine rings is 1. The number of carbonyl (C=O) groups excluding carboxylic acids is 1. The van der Waals surface area contributed by atoms with Crippen LogP contribution >= 0.6 is 11.3 Å². The van der Waals surface area contributed by atoms with Crippen molar-refractivity contribution in [2.24, 2.45) is 0 Å². The summed E-state index contributed by atoms with van der Waals surface area (Å²) in [6.45, 7) is 8.14. The molecule has 0 aliphatic carbocycles. The minimum Gasteiger partial charge on any atom is -0.459 e. The number of benzene rings is 1. The molecule has 1 aromatic carbocycles. The maximum atomic E-state index is 12.8. The molecule has 4 aromatic rings. The number of hydrogen-bond donors (Lipinski definition) is 0. The van der Waals surface area contributed by atoms with E-state index >= 15 is 0 Å². The monoisotopic (exact) mass is 491 g/mol. The number of hydrogen-bond acceptors (Lipinski definition) is 8. The molecule has 0 radical (unpaired) electrons. The van der Waals surface area contributed by atoms with Gasteiger partial charge in [0.1, 0.15) is 5.76 Å². The molecule has 0 saturated carbocycles. The molecule has 1 saturated heterocycles. The third-order valence-electron chi connectivity index (χ3n) is 6.20. The Balaban J connectivity index is 1.04. The van der Waals surface area contributed by atoms with Gasteiger partial charge in [0.05, 0.1) is 12.1 Å². The standard InChI is InChI=1S/C26H29N5O3S/c1-18-5-8-20(9-6-18)25-28-23(34-29-25)4-3-11-30-12-14-31(15-13-30)24(32)16-21-17-35-26(27-21)22-10-7-19(2)33-22/h5-10,17H,3-4,11-16H2,1-2H3. The molecule has 1 aliphatic heterocycles. The van der Waals surface area contributed by atoms with Gasteiger partial charge in [0.25, 0.3) is 0 Å². The Morgan fingerprint density at radius 1 is 1.03 bits per heavy atom. The summed E-state index contributed by atoms with van der Waals surface area (Å²) in [7, 11) is 0. The first-order chi connectivity index (χ1) is 17.0. The van der Waals surface area contributed by atoms with Crippen LogP contribution in [0.15, 0.2) is 50.7 Å². The number of thiazole rings is 1. The summed E-state index contributed by atoms with van der Waals surface area (Å²) in [5.74, 6) is 3.05. The summed E-state index contributed by atoms with van der Waals surface area (Å²) in [6, 6.07) is 12.0. The van der Waals surface area contributed by atoms with Gasteiger partial charge in [-0.3, -0.25) is 9.69 Å². The van der Waals surface area contributed by atoms with Crippen molar-refractivity contribution in [3.05, 3.63) is 64.7 Å². The van der Waals surface area contributed by atoms with Crippen molar-refractivity contribution in [2.75, 3.05) is 32.7 Å². The molecule has 0 atom stereocenters. The smallest absolute Gasteiger partial charge is 0.228 e.